The fourth-order valence-electron chi connectivity index (χ4n) is 3.98. The topological polar surface area (TPSA) is 24.8 Å². The predicted molar refractivity (Wildman–Crippen MR) is 122 cm³/mol. The van der Waals surface area contributed by atoms with Crippen LogP contribution in [-0.4, -0.2) is 25.4 Å². The van der Waals surface area contributed by atoms with Crippen LogP contribution in [0.4, 0.5) is 11.4 Å². The number of hydrogen-bond donors (Lipinski definition) is 0. The number of benzene rings is 2. The number of fused-ring (bicyclic) bond motifs is 1. The molecule has 2 aromatic carbocycles. The summed E-state index contributed by atoms with van der Waals surface area (Å²) in [4.78, 5) is 7.18. The highest BCUT2D eigenvalue weighted by Crippen LogP contribution is 2.42. The number of ether oxygens (including phenoxy) is 1. The summed E-state index contributed by atoms with van der Waals surface area (Å²) in [6.07, 6.45) is 5.39. The van der Waals surface area contributed by atoms with E-state index >= 15 is 0 Å². The molecule has 0 spiro atoms. The first kappa shape index (κ1) is 20.2. The minimum Gasteiger partial charge on any atom is -0.496 e. The summed E-state index contributed by atoms with van der Waals surface area (Å²) in [6, 6.07) is 10.7. The molecule has 0 aromatic heterocycles. The lowest BCUT2D eigenvalue weighted by Crippen LogP contribution is -2.45. The molecule has 148 valence electrons. The lowest BCUT2D eigenvalue weighted by Gasteiger charge is -2.43. The molecule has 0 aliphatic carbocycles. The van der Waals surface area contributed by atoms with Crippen molar-refractivity contribution in [2.45, 2.75) is 53.5 Å². The maximum atomic E-state index is 5.74. The Morgan fingerprint density at radius 3 is 2.46 bits per heavy atom. The van der Waals surface area contributed by atoms with Gasteiger partial charge in [-0.3, -0.25) is 4.99 Å². The fraction of sp³-hybridized carbons (Fsp3) is 0.400. The Bertz CT molecular complexity index is 938. The van der Waals surface area contributed by atoms with Gasteiger partial charge in [0.2, 0.25) is 0 Å². The van der Waals surface area contributed by atoms with Crippen LogP contribution in [0.5, 0.6) is 5.75 Å². The number of aliphatic imine (C=N–C) groups is 1. The zero-order valence-electron chi connectivity index (χ0n) is 18.3. The van der Waals surface area contributed by atoms with E-state index in [9.17, 15) is 0 Å². The van der Waals surface area contributed by atoms with Gasteiger partial charge >= 0.3 is 0 Å². The van der Waals surface area contributed by atoms with Gasteiger partial charge in [0.05, 0.1) is 18.3 Å². The third-order valence-electron chi connectivity index (χ3n) is 5.62. The van der Waals surface area contributed by atoms with Crippen molar-refractivity contribution < 1.29 is 4.74 Å². The highest BCUT2D eigenvalue weighted by molar-refractivity contribution is 5.92. The van der Waals surface area contributed by atoms with Gasteiger partial charge in [0, 0.05) is 35.6 Å². The fourth-order valence-corrected chi connectivity index (χ4v) is 3.98. The van der Waals surface area contributed by atoms with Crippen molar-refractivity contribution in [3.63, 3.8) is 0 Å². The quantitative estimate of drug-likeness (QED) is 0.558. The average Bonchev–Trinajstić information content (AvgIpc) is 2.65. The van der Waals surface area contributed by atoms with E-state index in [0.29, 0.717) is 0 Å². The zero-order valence-corrected chi connectivity index (χ0v) is 18.3. The van der Waals surface area contributed by atoms with E-state index in [0.717, 1.165) is 30.0 Å². The lowest BCUT2D eigenvalue weighted by atomic mass is 9.87. The highest BCUT2D eigenvalue weighted by atomic mass is 16.5. The van der Waals surface area contributed by atoms with Crippen molar-refractivity contribution in [1.82, 2.24) is 0 Å². The molecule has 0 unspecified atom stereocenters. The molecule has 3 nitrogen and oxygen atoms in total. The normalized spacial score (nSPS) is 15.5. The van der Waals surface area contributed by atoms with Crippen LogP contribution in [0.3, 0.4) is 0 Å². The molecule has 0 fully saturated rings. The first-order valence-electron chi connectivity index (χ1n) is 10.1. The van der Waals surface area contributed by atoms with Gasteiger partial charge in [0.25, 0.3) is 0 Å². The molecule has 3 heteroatoms. The van der Waals surface area contributed by atoms with E-state index in [4.69, 9.17) is 9.73 Å². The maximum absolute atomic E-state index is 5.74. The van der Waals surface area contributed by atoms with Crippen LogP contribution in [-0.2, 0) is 0 Å². The Hall–Kier alpha value is -2.55. The van der Waals surface area contributed by atoms with Gasteiger partial charge in [0.15, 0.2) is 0 Å². The van der Waals surface area contributed by atoms with E-state index in [1.54, 1.807) is 7.11 Å². The Morgan fingerprint density at radius 2 is 1.82 bits per heavy atom. The molecular formula is C25H32N2O. The summed E-state index contributed by atoms with van der Waals surface area (Å²) in [5, 5.41) is 0. The van der Waals surface area contributed by atoms with E-state index in [1.807, 2.05) is 6.21 Å². The van der Waals surface area contributed by atoms with Crippen LogP contribution in [0.1, 0.15) is 56.4 Å². The largest absolute Gasteiger partial charge is 0.496 e. The van der Waals surface area contributed by atoms with Crippen molar-refractivity contribution in [3.05, 3.63) is 58.7 Å². The van der Waals surface area contributed by atoms with Crippen LogP contribution >= 0.6 is 0 Å². The second-order valence-corrected chi connectivity index (χ2v) is 8.27. The summed E-state index contributed by atoms with van der Waals surface area (Å²) in [5.41, 5.74) is 8.30. The van der Waals surface area contributed by atoms with Crippen LogP contribution in [0.15, 0.2) is 41.4 Å². The summed E-state index contributed by atoms with van der Waals surface area (Å²) in [7, 11) is 1.73. The lowest BCUT2D eigenvalue weighted by molar-refractivity contribution is 0.413. The van der Waals surface area contributed by atoms with E-state index in [1.165, 1.54) is 28.0 Å². The number of anilines is 1. The van der Waals surface area contributed by atoms with Crippen molar-refractivity contribution in [1.29, 1.82) is 0 Å². The molecule has 0 bridgehead atoms. The monoisotopic (exact) mass is 376 g/mol. The molecule has 28 heavy (non-hydrogen) atoms. The third-order valence-corrected chi connectivity index (χ3v) is 5.62. The Balaban J connectivity index is 2.06. The Kier molecular flexibility index (Phi) is 5.64. The predicted octanol–water partition coefficient (Wildman–Crippen LogP) is 6.47. The highest BCUT2D eigenvalue weighted by Gasteiger charge is 2.31. The first-order chi connectivity index (χ1) is 13.3. The van der Waals surface area contributed by atoms with Crippen molar-refractivity contribution in [2.24, 2.45) is 4.99 Å². The van der Waals surface area contributed by atoms with Gasteiger partial charge in [-0.05, 0) is 75.9 Å². The standard InChI is InChI=1S/C25H32N2O/c1-8-11-27-23-14-24(28-7)20(13-22(23)19(4)15-25(27,5)6)16-26-21-10-9-17(2)18(3)12-21/h9-10,12-16H,8,11H2,1-7H3. The van der Waals surface area contributed by atoms with E-state index < -0.39 is 0 Å². The molecule has 1 aliphatic rings. The van der Waals surface area contributed by atoms with Crippen LogP contribution < -0.4 is 9.64 Å². The smallest absolute Gasteiger partial charge is 0.129 e. The van der Waals surface area contributed by atoms with Gasteiger partial charge in [-0.2, -0.15) is 0 Å². The molecule has 0 amide bonds. The van der Waals surface area contributed by atoms with Gasteiger partial charge in [-0.25, -0.2) is 0 Å². The Morgan fingerprint density at radius 1 is 1.07 bits per heavy atom. The summed E-state index contributed by atoms with van der Waals surface area (Å²) >= 11 is 0. The SMILES string of the molecule is CCCN1c2cc(OC)c(C=Nc3ccc(C)c(C)c3)cc2C(C)=CC1(C)C. The second-order valence-electron chi connectivity index (χ2n) is 8.27. The zero-order chi connectivity index (χ0) is 20.5. The van der Waals surface area contributed by atoms with Gasteiger partial charge < -0.3 is 9.64 Å². The van der Waals surface area contributed by atoms with Gasteiger partial charge in [0.1, 0.15) is 5.75 Å². The molecular weight excluding hydrogens is 344 g/mol. The molecule has 0 atom stereocenters. The molecule has 0 radical (unpaired) electrons. The number of allylic oxidation sites excluding steroid dienone is 1. The van der Waals surface area contributed by atoms with Gasteiger partial charge in [-0.15, -0.1) is 0 Å². The van der Waals surface area contributed by atoms with Crippen LogP contribution in [0, 0.1) is 13.8 Å². The summed E-state index contributed by atoms with van der Waals surface area (Å²) in [5.74, 6) is 0.859. The van der Waals surface area contributed by atoms with Crippen molar-refractivity contribution in [3.8, 4) is 5.75 Å². The molecule has 1 heterocycles. The first-order valence-corrected chi connectivity index (χ1v) is 10.1. The number of aryl methyl sites for hydroxylation is 2. The second kappa shape index (κ2) is 7.83. The Labute approximate surface area is 169 Å². The van der Waals surface area contributed by atoms with E-state index in [2.05, 4.69) is 82.9 Å². The molecule has 0 saturated carbocycles. The number of methoxy groups -OCH3 is 1. The number of hydrogen-bond acceptors (Lipinski definition) is 3. The molecule has 2 aromatic rings. The molecule has 1 aliphatic heterocycles. The summed E-state index contributed by atoms with van der Waals surface area (Å²) < 4.78 is 5.74. The van der Waals surface area contributed by atoms with Crippen LogP contribution in [0.25, 0.3) is 5.57 Å². The maximum Gasteiger partial charge on any atom is 0.129 e. The minimum absolute atomic E-state index is 0.00681. The molecule has 0 saturated heterocycles. The molecule has 3 rings (SSSR count). The summed E-state index contributed by atoms with van der Waals surface area (Å²) in [6.45, 7) is 14.2. The van der Waals surface area contributed by atoms with E-state index in [-0.39, 0.29) is 5.54 Å². The average molecular weight is 377 g/mol. The molecule has 0 N–H and O–H groups in total. The van der Waals surface area contributed by atoms with Crippen molar-refractivity contribution in [2.75, 3.05) is 18.6 Å². The van der Waals surface area contributed by atoms with Crippen molar-refractivity contribution >= 4 is 23.2 Å². The van der Waals surface area contributed by atoms with Gasteiger partial charge in [-0.1, -0.05) is 19.1 Å². The number of rotatable bonds is 5. The number of nitrogens with zero attached hydrogens (tertiary/aromatic N) is 2. The third kappa shape index (κ3) is 3.84. The minimum atomic E-state index is -0.00681. The van der Waals surface area contributed by atoms with Crippen LogP contribution in [0.2, 0.25) is 0 Å².